The lowest BCUT2D eigenvalue weighted by Crippen LogP contribution is -2.33. The van der Waals surface area contributed by atoms with Crippen LogP contribution in [-0.4, -0.2) is 36.8 Å². The maximum atomic E-state index is 11.2. The summed E-state index contributed by atoms with van der Waals surface area (Å²) in [4.78, 5) is 37.3. The average Bonchev–Trinajstić information content (AvgIpc) is 2.35. The Morgan fingerprint density at radius 3 is 2.68 bits per heavy atom. The minimum Gasteiger partial charge on any atom is -0.467 e. The van der Waals surface area contributed by atoms with E-state index >= 15 is 0 Å². The van der Waals surface area contributed by atoms with E-state index < -0.39 is 11.1 Å². The van der Waals surface area contributed by atoms with Gasteiger partial charge in [-0.3, -0.25) is 19.4 Å². The zero-order chi connectivity index (χ0) is 14.0. The van der Waals surface area contributed by atoms with E-state index in [-0.39, 0.29) is 21.6 Å². The van der Waals surface area contributed by atoms with Crippen molar-refractivity contribution in [2.75, 3.05) is 7.11 Å². The van der Waals surface area contributed by atoms with E-state index in [2.05, 4.69) is 25.0 Å². The number of aromatic nitrogens is 6. The van der Waals surface area contributed by atoms with Crippen molar-refractivity contribution in [3.05, 3.63) is 26.0 Å². The van der Waals surface area contributed by atoms with Gasteiger partial charge in [0.05, 0.1) is 7.11 Å². The van der Waals surface area contributed by atoms with Gasteiger partial charge in [0.25, 0.3) is 0 Å². The van der Waals surface area contributed by atoms with Gasteiger partial charge in [0, 0.05) is 7.05 Å². The average molecular weight is 303 g/mol. The SMILES string of the molecule is COc1nc(Cl)nc(Sc2nc(=O)c(=O)[nH]n2C)n1. The summed E-state index contributed by atoms with van der Waals surface area (Å²) in [5.74, 6) is 0. The van der Waals surface area contributed by atoms with Crippen LogP contribution in [0, 0.1) is 0 Å². The number of nitrogens with zero attached hydrogens (tertiary/aromatic N) is 5. The van der Waals surface area contributed by atoms with Crippen molar-refractivity contribution in [1.82, 2.24) is 29.7 Å². The topological polar surface area (TPSA) is 116 Å². The van der Waals surface area contributed by atoms with E-state index in [0.717, 1.165) is 11.8 Å². The van der Waals surface area contributed by atoms with E-state index in [9.17, 15) is 9.59 Å². The fourth-order valence-electron chi connectivity index (χ4n) is 1.09. The zero-order valence-electron chi connectivity index (χ0n) is 9.75. The lowest BCUT2D eigenvalue weighted by molar-refractivity contribution is 0.372. The third-order valence-electron chi connectivity index (χ3n) is 1.88. The standard InChI is InChI=1S/C8H7ClN6O3S/c1-15-8(10-3(16)4(17)14-15)19-7-12-5(9)11-6(13-7)18-2/h1-2H3,(H,14,17). The first-order chi connectivity index (χ1) is 8.99. The van der Waals surface area contributed by atoms with Crippen LogP contribution in [0.15, 0.2) is 19.9 Å². The van der Waals surface area contributed by atoms with Gasteiger partial charge in [0.1, 0.15) is 0 Å². The number of hydrogen-bond donors (Lipinski definition) is 1. The molecule has 100 valence electrons. The van der Waals surface area contributed by atoms with E-state index in [1.807, 2.05) is 0 Å². The molecule has 0 saturated heterocycles. The Balaban J connectivity index is 2.41. The lowest BCUT2D eigenvalue weighted by atomic mass is 10.8. The van der Waals surface area contributed by atoms with Crippen LogP contribution in [0.5, 0.6) is 6.01 Å². The van der Waals surface area contributed by atoms with Gasteiger partial charge in [-0.1, -0.05) is 0 Å². The minimum atomic E-state index is -0.896. The molecule has 0 aliphatic heterocycles. The van der Waals surface area contributed by atoms with Gasteiger partial charge in [-0.15, -0.1) is 0 Å². The quantitative estimate of drug-likeness (QED) is 0.752. The van der Waals surface area contributed by atoms with Crippen molar-refractivity contribution in [3.8, 4) is 6.01 Å². The highest BCUT2D eigenvalue weighted by molar-refractivity contribution is 7.99. The summed E-state index contributed by atoms with van der Waals surface area (Å²) in [5.41, 5.74) is -1.70. The highest BCUT2D eigenvalue weighted by Crippen LogP contribution is 2.22. The largest absolute Gasteiger partial charge is 0.467 e. The number of aryl methyl sites for hydroxylation is 1. The molecule has 11 heteroatoms. The third kappa shape index (κ3) is 3.09. The highest BCUT2D eigenvalue weighted by Gasteiger charge is 2.11. The minimum absolute atomic E-state index is 0.0388. The summed E-state index contributed by atoms with van der Waals surface area (Å²) >= 11 is 6.62. The molecule has 0 radical (unpaired) electrons. The Hall–Kier alpha value is -1.94. The second-order valence-corrected chi connectivity index (χ2v) is 4.45. The smallest absolute Gasteiger partial charge is 0.339 e. The second-order valence-electron chi connectivity index (χ2n) is 3.18. The number of hydrogen-bond acceptors (Lipinski definition) is 8. The first-order valence-electron chi connectivity index (χ1n) is 4.80. The van der Waals surface area contributed by atoms with Crippen LogP contribution in [0.25, 0.3) is 0 Å². The van der Waals surface area contributed by atoms with Crippen molar-refractivity contribution in [1.29, 1.82) is 0 Å². The molecule has 2 aromatic rings. The van der Waals surface area contributed by atoms with Gasteiger partial charge >= 0.3 is 17.1 Å². The van der Waals surface area contributed by atoms with E-state index in [1.54, 1.807) is 0 Å². The Morgan fingerprint density at radius 1 is 1.26 bits per heavy atom. The Bertz CT molecular complexity index is 729. The molecule has 1 N–H and O–H groups in total. The maximum absolute atomic E-state index is 11.2. The molecule has 0 unspecified atom stereocenters. The van der Waals surface area contributed by atoms with Crippen LogP contribution in [-0.2, 0) is 7.05 Å². The van der Waals surface area contributed by atoms with Crippen LogP contribution in [0.2, 0.25) is 5.28 Å². The van der Waals surface area contributed by atoms with Crippen LogP contribution >= 0.6 is 23.4 Å². The van der Waals surface area contributed by atoms with Gasteiger partial charge in [0.2, 0.25) is 10.4 Å². The van der Waals surface area contributed by atoms with Gasteiger partial charge < -0.3 is 4.74 Å². The lowest BCUT2D eigenvalue weighted by Gasteiger charge is -2.05. The van der Waals surface area contributed by atoms with Crippen molar-refractivity contribution in [3.63, 3.8) is 0 Å². The predicted octanol–water partition coefficient (Wildman–Crippen LogP) is -0.533. The van der Waals surface area contributed by atoms with Crippen molar-refractivity contribution < 1.29 is 4.74 Å². The summed E-state index contributed by atoms with van der Waals surface area (Å²) in [6.45, 7) is 0. The fourth-order valence-corrected chi connectivity index (χ4v) is 2.02. The summed E-state index contributed by atoms with van der Waals surface area (Å²) in [6, 6.07) is 0.0388. The van der Waals surface area contributed by atoms with Crippen molar-refractivity contribution in [2.24, 2.45) is 7.05 Å². The van der Waals surface area contributed by atoms with Gasteiger partial charge in [-0.25, -0.2) is 0 Å². The molecule has 0 bridgehead atoms. The number of H-pyrrole nitrogens is 1. The molecular weight excluding hydrogens is 296 g/mol. The van der Waals surface area contributed by atoms with Crippen LogP contribution < -0.4 is 15.9 Å². The molecule has 0 atom stereocenters. The zero-order valence-corrected chi connectivity index (χ0v) is 11.3. The first-order valence-corrected chi connectivity index (χ1v) is 6.00. The third-order valence-corrected chi connectivity index (χ3v) is 2.96. The molecular formula is C8H7ClN6O3S. The molecule has 2 heterocycles. The second kappa shape index (κ2) is 5.36. The van der Waals surface area contributed by atoms with Crippen LogP contribution in [0.1, 0.15) is 0 Å². The molecule has 0 aliphatic rings. The Morgan fingerprint density at radius 2 is 2.00 bits per heavy atom. The maximum Gasteiger partial charge on any atom is 0.339 e. The number of halogens is 1. The van der Waals surface area contributed by atoms with Crippen molar-refractivity contribution in [2.45, 2.75) is 10.3 Å². The van der Waals surface area contributed by atoms with E-state index in [4.69, 9.17) is 16.3 Å². The summed E-state index contributed by atoms with van der Waals surface area (Å²) in [6.07, 6.45) is 0. The molecule has 9 nitrogen and oxygen atoms in total. The normalized spacial score (nSPS) is 10.5. The molecule has 0 aliphatic carbocycles. The molecule has 2 rings (SSSR count). The fraction of sp³-hybridized carbons (Fsp3) is 0.250. The van der Waals surface area contributed by atoms with E-state index in [1.165, 1.54) is 18.8 Å². The summed E-state index contributed by atoms with van der Waals surface area (Å²) < 4.78 is 6.12. The molecule has 2 aromatic heterocycles. The van der Waals surface area contributed by atoms with Crippen molar-refractivity contribution >= 4 is 23.4 Å². The molecule has 0 amide bonds. The van der Waals surface area contributed by atoms with Gasteiger partial charge in [0.15, 0.2) is 5.16 Å². The summed E-state index contributed by atoms with van der Waals surface area (Å²) in [7, 11) is 2.91. The number of aromatic amines is 1. The molecule has 19 heavy (non-hydrogen) atoms. The van der Waals surface area contributed by atoms with E-state index in [0.29, 0.717) is 0 Å². The predicted molar refractivity (Wildman–Crippen MR) is 65.6 cm³/mol. The summed E-state index contributed by atoms with van der Waals surface area (Å²) in [5, 5.41) is 2.64. The van der Waals surface area contributed by atoms with Gasteiger partial charge in [-0.05, 0) is 23.4 Å². The number of ether oxygens (including phenoxy) is 1. The molecule has 0 fully saturated rings. The first kappa shape index (κ1) is 13.5. The molecule has 0 saturated carbocycles. The number of nitrogens with one attached hydrogen (secondary N) is 1. The number of methoxy groups -OCH3 is 1. The highest BCUT2D eigenvalue weighted by atomic mass is 35.5. The van der Waals surface area contributed by atoms with Crippen LogP contribution in [0.3, 0.4) is 0 Å². The Kier molecular flexibility index (Phi) is 3.81. The molecule has 0 aromatic carbocycles. The molecule has 0 spiro atoms. The monoisotopic (exact) mass is 302 g/mol. The van der Waals surface area contributed by atoms with Gasteiger partial charge in [-0.2, -0.15) is 19.9 Å². The van der Waals surface area contributed by atoms with Crippen LogP contribution in [0.4, 0.5) is 0 Å². The Labute approximate surface area is 115 Å². The number of rotatable bonds is 3.